The van der Waals surface area contributed by atoms with E-state index in [0.717, 1.165) is 5.56 Å². The second-order valence-electron chi connectivity index (χ2n) is 5.28. The summed E-state index contributed by atoms with van der Waals surface area (Å²) in [5, 5.41) is 3.11. The lowest BCUT2D eigenvalue weighted by Gasteiger charge is -2.19. The van der Waals surface area contributed by atoms with Crippen LogP contribution in [0, 0.1) is 0 Å². The molecule has 0 saturated heterocycles. The van der Waals surface area contributed by atoms with E-state index in [9.17, 15) is 8.42 Å². The molecule has 0 aromatic carbocycles. The molecule has 5 nitrogen and oxygen atoms in total. The fraction of sp³-hybridized carbons (Fsp3) is 0.615. The molecule has 0 fully saturated rings. The van der Waals surface area contributed by atoms with E-state index in [1.807, 2.05) is 12.1 Å². The second-order valence-corrected chi connectivity index (χ2v) is 8.14. The molecule has 0 saturated carbocycles. The maximum absolute atomic E-state index is 11.9. The van der Waals surface area contributed by atoms with Crippen molar-refractivity contribution in [3.8, 4) is 5.88 Å². The van der Waals surface area contributed by atoms with Crippen molar-refractivity contribution in [3.63, 3.8) is 0 Å². The van der Waals surface area contributed by atoms with E-state index in [1.165, 1.54) is 0 Å². The van der Waals surface area contributed by atoms with Gasteiger partial charge < -0.3 is 10.1 Å². The summed E-state index contributed by atoms with van der Waals surface area (Å²) in [6.07, 6.45) is 1.66. The third-order valence-corrected chi connectivity index (χ3v) is 5.45. The third-order valence-electron chi connectivity index (χ3n) is 2.84. The molecule has 108 valence electrons. The average molecular weight is 286 g/mol. The smallest absolute Gasteiger partial charge is 0.217 e. The van der Waals surface area contributed by atoms with Gasteiger partial charge in [0.05, 0.1) is 17.6 Å². The van der Waals surface area contributed by atoms with Gasteiger partial charge in [-0.1, -0.05) is 6.07 Å². The number of sulfone groups is 1. The molecule has 1 heterocycles. The minimum absolute atomic E-state index is 0.124. The van der Waals surface area contributed by atoms with Crippen LogP contribution in [0.25, 0.3) is 0 Å². The van der Waals surface area contributed by atoms with E-state index < -0.39 is 14.6 Å². The standard InChI is InChI=1S/C13H22N2O3S/c1-13(2,3)19(16,17)9-8-14-10-11-6-5-7-15-12(11)18-4/h5-7,14H,8-10H2,1-4H3. The van der Waals surface area contributed by atoms with Crippen LogP contribution in [0.1, 0.15) is 26.3 Å². The first-order chi connectivity index (χ1) is 8.78. The molecule has 1 aromatic rings. The van der Waals surface area contributed by atoms with Crippen molar-refractivity contribution >= 4 is 9.84 Å². The van der Waals surface area contributed by atoms with E-state index >= 15 is 0 Å². The van der Waals surface area contributed by atoms with Crippen LogP contribution >= 0.6 is 0 Å². The van der Waals surface area contributed by atoms with Crippen LogP contribution in [0.3, 0.4) is 0 Å². The van der Waals surface area contributed by atoms with Gasteiger partial charge >= 0.3 is 0 Å². The molecular formula is C13H22N2O3S. The quantitative estimate of drug-likeness (QED) is 0.800. The maximum atomic E-state index is 11.9. The Labute approximate surface area is 115 Å². The Kier molecular flexibility index (Phi) is 5.31. The molecule has 1 N–H and O–H groups in total. The summed E-state index contributed by atoms with van der Waals surface area (Å²) in [7, 11) is -1.51. The van der Waals surface area contributed by atoms with Crippen molar-refractivity contribution in [2.75, 3.05) is 19.4 Å². The fourth-order valence-corrected chi connectivity index (χ4v) is 2.50. The van der Waals surface area contributed by atoms with E-state index in [1.54, 1.807) is 34.1 Å². The van der Waals surface area contributed by atoms with Gasteiger partial charge in [-0.2, -0.15) is 0 Å². The summed E-state index contributed by atoms with van der Waals surface area (Å²) in [6.45, 7) is 6.10. The van der Waals surface area contributed by atoms with Gasteiger partial charge in [0, 0.05) is 24.8 Å². The van der Waals surface area contributed by atoms with Crippen molar-refractivity contribution < 1.29 is 13.2 Å². The number of pyridine rings is 1. The SMILES string of the molecule is COc1ncccc1CNCCS(=O)(=O)C(C)(C)C. The van der Waals surface area contributed by atoms with Gasteiger partial charge in [-0.25, -0.2) is 13.4 Å². The van der Waals surface area contributed by atoms with Gasteiger partial charge in [-0.05, 0) is 26.8 Å². The lowest BCUT2D eigenvalue weighted by molar-refractivity contribution is 0.391. The van der Waals surface area contributed by atoms with Crippen LogP contribution in [-0.4, -0.2) is 37.6 Å². The van der Waals surface area contributed by atoms with Crippen LogP contribution in [0.2, 0.25) is 0 Å². The zero-order valence-electron chi connectivity index (χ0n) is 11.9. The summed E-state index contributed by atoms with van der Waals surface area (Å²) in [5.74, 6) is 0.688. The molecule has 0 spiro atoms. The second kappa shape index (κ2) is 6.34. The molecule has 0 bridgehead atoms. The van der Waals surface area contributed by atoms with Crippen molar-refractivity contribution in [2.24, 2.45) is 0 Å². The maximum Gasteiger partial charge on any atom is 0.217 e. The monoisotopic (exact) mass is 286 g/mol. The Morgan fingerprint density at radius 2 is 2.05 bits per heavy atom. The molecule has 1 aromatic heterocycles. The van der Waals surface area contributed by atoms with Gasteiger partial charge in [-0.3, -0.25) is 0 Å². The highest BCUT2D eigenvalue weighted by molar-refractivity contribution is 7.92. The lowest BCUT2D eigenvalue weighted by atomic mass is 10.2. The Morgan fingerprint density at radius 1 is 1.37 bits per heavy atom. The first kappa shape index (κ1) is 15.9. The lowest BCUT2D eigenvalue weighted by Crippen LogP contribution is -2.34. The first-order valence-electron chi connectivity index (χ1n) is 6.19. The van der Waals surface area contributed by atoms with Gasteiger partial charge in [0.25, 0.3) is 0 Å². The molecule has 1 rings (SSSR count). The van der Waals surface area contributed by atoms with E-state index in [2.05, 4.69) is 10.3 Å². The number of ether oxygens (including phenoxy) is 1. The van der Waals surface area contributed by atoms with Gasteiger partial charge in [0.1, 0.15) is 0 Å². The molecule has 19 heavy (non-hydrogen) atoms. The number of nitrogens with one attached hydrogen (secondary N) is 1. The van der Waals surface area contributed by atoms with Crippen LogP contribution < -0.4 is 10.1 Å². The Bertz CT molecular complexity index is 507. The summed E-state index contributed by atoms with van der Waals surface area (Å²) in [4.78, 5) is 4.08. The summed E-state index contributed by atoms with van der Waals surface area (Å²) >= 11 is 0. The highest BCUT2D eigenvalue weighted by Gasteiger charge is 2.27. The third kappa shape index (κ3) is 4.47. The normalized spacial score (nSPS) is 12.4. The Morgan fingerprint density at radius 3 is 2.63 bits per heavy atom. The van der Waals surface area contributed by atoms with Crippen LogP contribution in [0.5, 0.6) is 5.88 Å². The molecular weight excluding hydrogens is 264 g/mol. The molecule has 0 amide bonds. The van der Waals surface area contributed by atoms with E-state index in [4.69, 9.17) is 4.74 Å². The fourth-order valence-electron chi connectivity index (χ4n) is 1.48. The van der Waals surface area contributed by atoms with Crippen LogP contribution in [-0.2, 0) is 16.4 Å². The van der Waals surface area contributed by atoms with Crippen molar-refractivity contribution in [3.05, 3.63) is 23.9 Å². The number of hydrogen-bond acceptors (Lipinski definition) is 5. The highest BCUT2D eigenvalue weighted by atomic mass is 32.2. The van der Waals surface area contributed by atoms with Gasteiger partial charge in [-0.15, -0.1) is 0 Å². The molecule has 0 unspecified atom stereocenters. The zero-order chi connectivity index (χ0) is 14.5. The van der Waals surface area contributed by atoms with E-state index in [-0.39, 0.29) is 5.75 Å². The Balaban J connectivity index is 2.48. The molecule has 0 aliphatic carbocycles. The van der Waals surface area contributed by atoms with Crippen LogP contribution in [0.4, 0.5) is 0 Å². The average Bonchev–Trinajstić information content (AvgIpc) is 2.33. The minimum atomic E-state index is -3.08. The number of hydrogen-bond donors (Lipinski definition) is 1. The van der Waals surface area contributed by atoms with Gasteiger partial charge in [0.2, 0.25) is 5.88 Å². The number of aromatic nitrogens is 1. The minimum Gasteiger partial charge on any atom is -0.481 e. The summed E-state index contributed by atoms with van der Waals surface area (Å²) in [5.41, 5.74) is 0.915. The molecule has 6 heteroatoms. The highest BCUT2D eigenvalue weighted by Crippen LogP contribution is 2.16. The predicted molar refractivity (Wildman–Crippen MR) is 76.0 cm³/mol. The topological polar surface area (TPSA) is 68.3 Å². The first-order valence-corrected chi connectivity index (χ1v) is 7.84. The van der Waals surface area contributed by atoms with E-state index in [0.29, 0.717) is 19.0 Å². The van der Waals surface area contributed by atoms with Crippen LogP contribution in [0.15, 0.2) is 18.3 Å². The van der Waals surface area contributed by atoms with Crippen molar-refractivity contribution in [1.82, 2.24) is 10.3 Å². The number of nitrogens with zero attached hydrogens (tertiary/aromatic N) is 1. The largest absolute Gasteiger partial charge is 0.481 e. The molecule has 0 aliphatic heterocycles. The summed E-state index contributed by atoms with van der Waals surface area (Å²) in [6, 6.07) is 3.72. The molecule has 0 radical (unpaired) electrons. The molecule has 0 atom stereocenters. The van der Waals surface area contributed by atoms with Crippen molar-refractivity contribution in [1.29, 1.82) is 0 Å². The zero-order valence-corrected chi connectivity index (χ0v) is 12.8. The molecule has 0 aliphatic rings. The van der Waals surface area contributed by atoms with Gasteiger partial charge in [0.15, 0.2) is 9.84 Å². The Hall–Kier alpha value is -1.14. The predicted octanol–water partition coefficient (Wildman–Crippen LogP) is 1.39. The number of rotatable bonds is 6. The van der Waals surface area contributed by atoms with Crippen molar-refractivity contribution in [2.45, 2.75) is 32.1 Å². The summed E-state index contributed by atoms with van der Waals surface area (Å²) < 4.78 is 28.2. The number of methoxy groups -OCH3 is 1.